The molecule has 1 amide bonds. The minimum Gasteiger partial charge on any atom is -0.481 e. The first-order chi connectivity index (χ1) is 11.6. The molecule has 5 nitrogen and oxygen atoms in total. The predicted molar refractivity (Wildman–Crippen MR) is 90.7 cm³/mol. The van der Waals surface area contributed by atoms with E-state index in [1.54, 1.807) is 17.3 Å². The fourth-order valence-electron chi connectivity index (χ4n) is 3.16. The maximum Gasteiger partial charge on any atom is 0.308 e. The predicted octanol–water partition coefficient (Wildman–Crippen LogP) is 2.99. The normalized spacial score (nSPS) is 17.5. The number of aromatic nitrogens is 1. The van der Waals surface area contributed by atoms with Gasteiger partial charge in [0.1, 0.15) is 0 Å². The molecule has 2 aromatic rings. The summed E-state index contributed by atoms with van der Waals surface area (Å²) in [6.45, 7) is 2.82. The van der Waals surface area contributed by atoms with Crippen molar-refractivity contribution < 1.29 is 14.7 Å². The molecule has 5 heteroatoms. The number of piperidine rings is 1. The number of carbonyl (C=O) groups is 2. The molecule has 0 saturated carbocycles. The lowest BCUT2D eigenvalue weighted by Crippen LogP contribution is -2.42. The van der Waals surface area contributed by atoms with Gasteiger partial charge >= 0.3 is 5.97 Å². The average molecular weight is 324 g/mol. The van der Waals surface area contributed by atoms with Gasteiger partial charge in [-0.15, -0.1) is 0 Å². The molecular weight excluding hydrogens is 304 g/mol. The number of amides is 1. The molecule has 1 unspecified atom stereocenters. The fourth-order valence-corrected chi connectivity index (χ4v) is 3.16. The number of carbonyl (C=O) groups excluding carboxylic acids is 1. The van der Waals surface area contributed by atoms with Crippen molar-refractivity contribution >= 4 is 11.9 Å². The molecule has 1 N–H and O–H groups in total. The number of benzene rings is 1. The van der Waals surface area contributed by atoms with Crippen LogP contribution in [0.5, 0.6) is 0 Å². The second kappa shape index (κ2) is 6.83. The highest BCUT2D eigenvalue weighted by Crippen LogP contribution is 2.24. The van der Waals surface area contributed by atoms with Crippen LogP contribution in [0.2, 0.25) is 0 Å². The van der Waals surface area contributed by atoms with Crippen LogP contribution < -0.4 is 0 Å². The number of nitrogens with zero attached hydrogens (tertiary/aromatic N) is 2. The number of rotatable bonds is 3. The molecule has 0 bridgehead atoms. The van der Waals surface area contributed by atoms with E-state index >= 15 is 0 Å². The van der Waals surface area contributed by atoms with Gasteiger partial charge in [-0.3, -0.25) is 14.6 Å². The van der Waals surface area contributed by atoms with Gasteiger partial charge in [0.2, 0.25) is 0 Å². The van der Waals surface area contributed by atoms with Gasteiger partial charge in [-0.2, -0.15) is 0 Å². The van der Waals surface area contributed by atoms with Crippen LogP contribution in [0.1, 0.15) is 28.8 Å². The molecule has 2 heterocycles. The standard InChI is InChI=1S/C19H20N2O3/c1-13-11-15(14-6-8-20-9-7-14)4-5-17(13)18(22)21-10-2-3-16(12-21)19(23)24/h4-9,11,16H,2-3,10,12H2,1H3,(H,23,24). The first-order valence-electron chi connectivity index (χ1n) is 8.09. The monoisotopic (exact) mass is 324 g/mol. The lowest BCUT2D eigenvalue weighted by atomic mass is 9.96. The van der Waals surface area contributed by atoms with Gasteiger partial charge in [0, 0.05) is 31.0 Å². The van der Waals surface area contributed by atoms with Gasteiger partial charge in [-0.25, -0.2) is 0 Å². The molecule has 0 radical (unpaired) electrons. The van der Waals surface area contributed by atoms with Crippen molar-refractivity contribution in [1.29, 1.82) is 0 Å². The van der Waals surface area contributed by atoms with Crippen molar-refractivity contribution in [3.63, 3.8) is 0 Å². The number of aliphatic carboxylic acids is 1. The Bertz CT molecular complexity index is 758. The number of hydrogen-bond donors (Lipinski definition) is 1. The third-order valence-corrected chi connectivity index (χ3v) is 4.53. The fraction of sp³-hybridized carbons (Fsp3) is 0.316. The Balaban J connectivity index is 1.82. The van der Waals surface area contributed by atoms with Gasteiger partial charge in [0.15, 0.2) is 0 Å². The zero-order chi connectivity index (χ0) is 17.1. The van der Waals surface area contributed by atoms with Crippen molar-refractivity contribution in [2.24, 2.45) is 5.92 Å². The first-order valence-corrected chi connectivity index (χ1v) is 8.09. The average Bonchev–Trinajstić information content (AvgIpc) is 2.62. The highest BCUT2D eigenvalue weighted by molar-refractivity contribution is 5.96. The third kappa shape index (κ3) is 3.30. The van der Waals surface area contributed by atoms with E-state index < -0.39 is 11.9 Å². The van der Waals surface area contributed by atoms with E-state index in [-0.39, 0.29) is 5.91 Å². The zero-order valence-corrected chi connectivity index (χ0v) is 13.6. The number of carboxylic acids is 1. The highest BCUT2D eigenvalue weighted by atomic mass is 16.4. The summed E-state index contributed by atoms with van der Waals surface area (Å²) in [4.78, 5) is 29.6. The van der Waals surface area contributed by atoms with E-state index in [1.807, 2.05) is 37.3 Å². The smallest absolute Gasteiger partial charge is 0.308 e. The van der Waals surface area contributed by atoms with E-state index in [2.05, 4.69) is 4.98 Å². The van der Waals surface area contributed by atoms with Crippen molar-refractivity contribution in [3.8, 4) is 11.1 Å². The second-order valence-electron chi connectivity index (χ2n) is 6.19. The number of carboxylic acid groups (broad SMARTS) is 1. The summed E-state index contributed by atoms with van der Waals surface area (Å²) in [5, 5.41) is 9.18. The Hall–Kier alpha value is -2.69. The number of aryl methyl sites for hydroxylation is 1. The molecule has 24 heavy (non-hydrogen) atoms. The van der Waals surface area contributed by atoms with Crippen LogP contribution in [0, 0.1) is 12.8 Å². The summed E-state index contributed by atoms with van der Waals surface area (Å²) >= 11 is 0. The SMILES string of the molecule is Cc1cc(-c2ccncc2)ccc1C(=O)N1CCCC(C(=O)O)C1. The van der Waals surface area contributed by atoms with Crippen molar-refractivity contribution in [2.45, 2.75) is 19.8 Å². The van der Waals surface area contributed by atoms with Crippen LogP contribution >= 0.6 is 0 Å². The largest absolute Gasteiger partial charge is 0.481 e. The van der Waals surface area contributed by atoms with Gasteiger partial charge in [0.05, 0.1) is 5.92 Å². The Labute approximate surface area is 140 Å². The molecular formula is C19H20N2O3. The van der Waals surface area contributed by atoms with Crippen LogP contribution in [0.25, 0.3) is 11.1 Å². The summed E-state index contributed by atoms with van der Waals surface area (Å²) in [5.74, 6) is -1.36. The lowest BCUT2D eigenvalue weighted by Gasteiger charge is -2.31. The number of hydrogen-bond acceptors (Lipinski definition) is 3. The van der Waals surface area contributed by atoms with E-state index in [1.165, 1.54) is 0 Å². The van der Waals surface area contributed by atoms with Gasteiger partial charge in [-0.05, 0) is 54.7 Å². The molecule has 1 aliphatic rings. The summed E-state index contributed by atoms with van der Waals surface area (Å²) < 4.78 is 0. The van der Waals surface area contributed by atoms with Crippen LogP contribution in [0.3, 0.4) is 0 Å². The van der Waals surface area contributed by atoms with E-state index in [9.17, 15) is 14.7 Å². The van der Waals surface area contributed by atoms with Crippen LogP contribution in [0.4, 0.5) is 0 Å². The summed E-state index contributed by atoms with van der Waals surface area (Å²) in [7, 11) is 0. The molecule has 1 aromatic carbocycles. The quantitative estimate of drug-likeness (QED) is 0.942. The third-order valence-electron chi connectivity index (χ3n) is 4.53. The zero-order valence-electron chi connectivity index (χ0n) is 13.6. The molecule has 1 atom stereocenters. The lowest BCUT2D eigenvalue weighted by molar-refractivity contribution is -0.143. The minimum atomic E-state index is -0.822. The Morgan fingerprint density at radius 2 is 1.92 bits per heavy atom. The summed E-state index contributed by atoms with van der Waals surface area (Å²) in [6.07, 6.45) is 4.85. The molecule has 0 spiro atoms. The van der Waals surface area contributed by atoms with Crippen LogP contribution in [-0.2, 0) is 4.79 Å². The number of pyridine rings is 1. The maximum atomic E-state index is 12.8. The summed E-state index contributed by atoms with van der Waals surface area (Å²) in [5.41, 5.74) is 3.62. The molecule has 1 saturated heterocycles. The van der Waals surface area contributed by atoms with Crippen LogP contribution in [-0.4, -0.2) is 40.0 Å². The van der Waals surface area contributed by atoms with Gasteiger partial charge in [0.25, 0.3) is 5.91 Å². The molecule has 3 rings (SSSR count). The van der Waals surface area contributed by atoms with Crippen molar-refractivity contribution in [3.05, 3.63) is 53.9 Å². The van der Waals surface area contributed by atoms with Crippen LogP contribution in [0.15, 0.2) is 42.7 Å². The Morgan fingerprint density at radius 3 is 2.58 bits per heavy atom. The van der Waals surface area contributed by atoms with E-state index in [0.717, 1.165) is 23.1 Å². The van der Waals surface area contributed by atoms with Crippen molar-refractivity contribution in [1.82, 2.24) is 9.88 Å². The minimum absolute atomic E-state index is 0.0836. The molecule has 1 aliphatic heterocycles. The Morgan fingerprint density at radius 1 is 1.17 bits per heavy atom. The number of likely N-dealkylation sites (tertiary alicyclic amines) is 1. The van der Waals surface area contributed by atoms with Crippen molar-refractivity contribution in [2.75, 3.05) is 13.1 Å². The second-order valence-corrected chi connectivity index (χ2v) is 6.19. The van der Waals surface area contributed by atoms with Gasteiger partial charge in [-0.1, -0.05) is 12.1 Å². The van der Waals surface area contributed by atoms with Gasteiger partial charge < -0.3 is 10.0 Å². The summed E-state index contributed by atoms with van der Waals surface area (Å²) in [6, 6.07) is 9.60. The molecule has 124 valence electrons. The molecule has 1 fully saturated rings. The Kier molecular flexibility index (Phi) is 4.60. The molecule has 0 aliphatic carbocycles. The highest BCUT2D eigenvalue weighted by Gasteiger charge is 2.29. The first kappa shape index (κ1) is 16.2. The maximum absolute atomic E-state index is 12.8. The topological polar surface area (TPSA) is 70.5 Å². The molecule has 1 aromatic heterocycles. The van der Waals surface area contributed by atoms with E-state index in [4.69, 9.17) is 0 Å². The van der Waals surface area contributed by atoms with E-state index in [0.29, 0.717) is 25.1 Å².